The van der Waals surface area contributed by atoms with Crippen LogP contribution in [0, 0.1) is 0 Å². The monoisotopic (exact) mass is 566 g/mol. The van der Waals surface area contributed by atoms with E-state index in [0.29, 0.717) is 39.5 Å². The van der Waals surface area contributed by atoms with E-state index >= 15 is 0 Å². The summed E-state index contributed by atoms with van der Waals surface area (Å²) in [6.45, 7) is -0.0330. The Morgan fingerprint density at radius 3 is 2.40 bits per heavy atom. The lowest BCUT2D eigenvalue weighted by Gasteiger charge is -2.32. The summed E-state index contributed by atoms with van der Waals surface area (Å²) in [5.41, 5.74) is 3.19. The van der Waals surface area contributed by atoms with Crippen molar-refractivity contribution in [1.82, 2.24) is 24.9 Å². The van der Waals surface area contributed by atoms with Crippen LogP contribution in [0.4, 0.5) is 5.69 Å². The summed E-state index contributed by atoms with van der Waals surface area (Å²) in [6.07, 6.45) is 3.32. The molecule has 3 aromatic carbocycles. The van der Waals surface area contributed by atoms with Gasteiger partial charge in [-0.3, -0.25) is 14.6 Å². The maximum absolute atomic E-state index is 14.2. The number of benzene rings is 3. The zero-order valence-corrected chi connectivity index (χ0v) is 23.4. The first-order valence-corrected chi connectivity index (χ1v) is 13.1. The van der Waals surface area contributed by atoms with Gasteiger partial charge in [-0.15, -0.1) is 5.10 Å². The number of methoxy groups -OCH3 is 3. The molecule has 42 heavy (non-hydrogen) atoms. The van der Waals surface area contributed by atoms with E-state index < -0.39 is 11.9 Å². The molecule has 0 spiro atoms. The molecule has 0 aliphatic carbocycles. The number of nitrogens with zero attached hydrogens (tertiary/aromatic N) is 5. The lowest BCUT2D eigenvalue weighted by atomic mass is 10.0. The molecule has 1 atom stereocenters. The molecule has 1 N–H and O–H groups in total. The molecule has 0 bridgehead atoms. The predicted molar refractivity (Wildman–Crippen MR) is 156 cm³/mol. The second-order valence-corrected chi connectivity index (χ2v) is 9.35. The van der Waals surface area contributed by atoms with Crippen LogP contribution in [0.1, 0.15) is 17.2 Å². The third-order valence-electron chi connectivity index (χ3n) is 6.74. The maximum Gasteiger partial charge on any atom is 0.251 e. The summed E-state index contributed by atoms with van der Waals surface area (Å²) in [4.78, 5) is 34.0. The third kappa shape index (κ3) is 6.15. The Bertz CT molecular complexity index is 1670. The molecule has 2 aromatic heterocycles. The van der Waals surface area contributed by atoms with Crippen molar-refractivity contribution in [2.75, 3.05) is 26.6 Å². The van der Waals surface area contributed by atoms with Crippen molar-refractivity contribution in [2.45, 2.75) is 19.1 Å². The summed E-state index contributed by atoms with van der Waals surface area (Å²) < 4.78 is 17.7. The first-order chi connectivity index (χ1) is 20.5. The highest BCUT2D eigenvalue weighted by Crippen LogP contribution is 2.34. The van der Waals surface area contributed by atoms with Crippen molar-refractivity contribution in [3.05, 3.63) is 102 Å². The number of hydrogen-bond donors (Lipinski definition) is 1. The Balaban J connectivity index is 1.57. The van der Waals surface area contributed by atoms with E-state index in [9.17, 15) is 9.59 Å². The van der Waals surface area contributed by atoms with Gasteiger partial charge in [0.1, 0.15) is 23.9 Å². The van der Waals surface area contributed by atoms with Gasteiger partial charge in [-0.1, -0.05) is 29.5 Å². The molecule has 0 saturated carbocycles. The topological polar surface area (TPSA) is 121 Å². The minimum atomic E-state index is -1.06. The quantitative estimate of drug-likeness (QED) is 0.252. The molecule has 0 unspecified atom stereocenters. The molecule has 0 aliphatic rings. The van der Waals surface area contributed by atoms with Crippen LogP contribution in [0.2, 0.25) is 0 Å². The van der Waals surface area contributed by atoms with E-state index in [-0.39, 0.29) is 19.0 Å². The average molecular weight is 567 g/mol. The fourth-order valence-electron chi connectivity index (χ4n) is 4.65. The molecule has 0 saturated heterocycles. The van der Waals surface area contributed by atoms with E-state index in [1.165, 1.54) is 23.8 Å². The molecule has 11 nitrogen and oxygen atoms in total. The lowest BCUT2D eigenvalue weighted by Crippen LogP contribution is -2.42. The minimum absolute atomic E-state index is 0.106. The number of aromatic nitrogens is 4. The summed E-state index contributed by atoms with van der Waals surface area (Å²) in [7, 11) is 4.62. The van der Waals surface area contributed by atoms with Gasteiger partial charge in [0.2, 0.25) is 5.91 Å². The van der Waals surface area contributed by atoms with Crippen LogP contribution in [0.25, 0.3) is 11.0 Å². The first-order valence-electron chi connectivity index (χ1n) is 13.1. The molecule has 0 fully saturated rings. The van der Waals surface area contributed by atoms with Crippen LogP contribution in [-0.4, -0.2) is 58.0 Å². The molecule has 2 heterocycles. The zero-order chi connectivity index (χ0) is 29.5. The summed E-state index contributed by atoms with van der Waals surface area (Å²) >= 11 is 0. The average Bonchev–Trinajstić information content (AvgIpc) is 3.44. The van der Waals surface area contributed by atoms with E-state index in [0.717, 1.165) is 5.56 Å². The van der Waals surface area contributed by atoms with Crippen LogP contribution in [0.15, 0.2) is 91.3 Å². The van der Waals surface area contributed by atoms with Gasteiger partial charge in [-0.25, -0.2) is 4.68 Å². The number of rotatable bonds is 11. The van der Waals surface area contributed by atoms with Gasteiger partial charge in [0, 0.05) is 24.6 Å². The number of amides is 2. The number of carbonyl (C=O) groups is 2. The van der Waals surface area contributed by atoms with Gasteiger partial charge in [-0.2, -0.15) is 0 Å². The molecule has 11 heteroatoms. The molecule has 2 amide bonds. The van der Waals surface area contributed by atoms with Crippen molar-refractivity contribution in [3.63, 3.8) is 0 Å². The Hall–Kier alpha value is -5.45. The number of anilines is 1. The summed E-state index contributed by atoms with van der Waals surface area (Å²) in [6, 6.07) is 22.1. The third-order valence-corrected chi connectivity index (χ3v) is 6.74. The molecule has 5 rings (SSSR count). The minimum Gasteiger partial charge on any atom is -0.497 e. The molecule has 5 aromatic rings. The van der Waals surface area contributed by atoms with Gasteiger partial charge in [0.15, 0.2) is 11.5 Å². The van der Waals surface area contributed by atoms with Crippen molar-refractivity contribution < 1.29 is 23.8 Å². The van der Waals surface area contributed by atoms with Crippen LogP contribution in [-0.2, 0) is 22.7 Å². The van der Waals surface area contributed by atoms with Crippen molar-refractivity contribution >= 4 is 28.5 Å². The van der Waals surface area contributed by atoms with E-state index in [2.05, 4.69) is 20.6 Å². The Morgan fingerprint density at radius 1 is 0.905 bits per heavy atom. The largest absolute Gasteiger partial charge is 0.497 e. The number of hydrogen-bond acceptors (Lipinski definition) is 8. The maximum atomic E-state index is 14.2. The fourth-order valence-corrected chi connectivity index (χ4v) is 4.65. The molecular weight excluding hydrogens is 536 g/mol. The summed E-state index contributed by atoms with van der Waals surface area (Å²) in [5, 5.41) is 11.3. The normalized spacial score (nSPS) is 11.5. The van der Waals surface area contributed by atoms with E-state index in [1.54, 1.807) is 68.0 Å². The van der Waals surface area contributed by atoms with Gasteiger partial charge in [-0.05, 0) is 65.7 Å². The van der Waals surface area contributed by atoms with Crippen LogP contribution < -0.4 is 19.5 Å². The SMILES string of the molecule is COc1ccc(NC(=O)[C@@H](c2ccc(OC)c(OC)c2)N(Cc2cccnc2)C(=O)Cn2nnc3ccccc32)cc1. The van der Waals surface area contributed by atoms with Crippen molar-refractivity contribution in [1.29, 1.82) is 0 Å². The predicted octanol–water partition coefficient (Wildman–Crippen LogP) is 4.26. The number of carbonyl (C=O) groups excluding carboxylic acids is 2. The van der Waals surface area contributed by atoms with Crippen LogP contribution in [0.3, 0.4) is 0 Å². The Kier molecular flexibility index (Phi) is 8.57. The van der Waals surface area contributed by atoms with Crippen molar-refractivity contribution in [2.24, 2.45) is 0 Å². The second-order valence-electron chi connectivity index (χ2n) is 9.35. The molecule has 0 radical (unpaired) electrons. The molecule has 214 valence electrons. The second kappa shape index (κ2) is 12.8. The number of ether oxygens (including phenoxy) is 3. The molecule has 0 aliphatic heterocycles. The number of nitrogens with one attached hydrogen (secondary N) is 1. The van der Waals surface area contributed by atoms with Gasteiger partial charge in [0.25, 0.3) is 5.91 Å². The number of para-hydroxylation sites is 1. The fraction of sp³-hybridized carbons (Fsp3) is 0.194. The standard InChI is InChI=1S/C31H30N6O5/c1-40-24-13-11-23(12-14-24)33-31(39)30(22-10-15-27(41-2)28(17-22)42-3)36(19-21-7-6-16-32-18-21)29(38)20-37-26-9-5-4-8-25(26)34-35-37/h4-18,30H,19-20H2,1-3H3,(H,33,39)/t30-/m1/s1. The van der Waals surface area contributed by atoms with Crippen molar-refractivity contribution in [3.8, 4) is 17.2 Å². The summed E-state index contributed by atoms with van der Waals surface area (Å²) in [5.74, 6) is 0.799. The van der Waals surface area contributed by atoms with Gasteiger partial charge in [0.05, 0.1) is 26.8 Å². The Morgan fingerprint density at radius 2 is 1.69 bits per heavy atom. The van der Waals surface area contributed by atoms with Crippen LogP contribution in [0.5, 0.6) is 17.2 Å². The Labute approximate surface area is 242 Å². The lowest BCUT2D eigenvalue weighted by molar-refractivity contribution is -0.140. The number of pyridine rings is 1. The number of fused-ring (bicyclic) bond motifs is 1. The highest BCUT2D eigenvalue weighted by Gasteiger charge is 2.33. The van der Waals surface area contributed by atoms with Gasteiger partial charge >= 0.3 is 0 Å². The van der Waals surface area contributed by atoms with E-state index in [4.69, 9.17) is 14.2 Å². The highest BCUT2D eigenvalue weighted by atomic mass is 16.5. The smallest absolute Gasteiger partial charge is 0.251 e. The van der Waals surface area contributed by atoms with Crippen LogP contribution >= 0.6 is 0 Å². The first kappa shape index (κ1) is 28.1. The zero-order valence-electron chi connectivity index (χ0n) is 23.4. The van der Waals surface area contributed by atoms with E-state index in [1.807, 2.05) is 30.3 Å². The molecular formula is C31H30N6O5. The van der Waals surface area contributed by atoms with Gasteiger partial charge < -0.3 is 24.4 Å². The highest BCUT2D eigenvalue weighted by molar-refractivity contribution is 5.98.